The van der Waals surface area contributed by atoms with Gasteiger partial charge in [0.2, 0.25) is 5.95 Å². The molecule has 178 valence electrons. The normalized spacial score (nSPS) is 15.7. The zero-order chi connectivity index (χ0) is 24.4. The Labute approximate surface area is 203 Å². The summed E-state index contributed by atoms with van der Waals surface area (Å²) < 4.78 is 16.5. The molecule has 0 radical (unpaired) electrons. The fourth-order valence-corrected chi connectivity index (χ4v) is 4.50. The summed E-state index contributed by atoms with van der Waals surface area (Å²) in [5.74, 6) is 0.165. The van der Waals surface area contributed by atoms with Gasteiger partial charge in [-0.05, 0) is 37.1 Å². The fourth-order valence-electron chi connectivity index (χ4n) is 4.50. The Kier molecular flexibility index (Phi) is 6.22. The highest BCUT2D eigenvalue weighted by Gasteiger charge is 2.29. The van der Waals surface area contributed by atoms with Crippen LogP contribution in [-0.2, 0) is 0 Å². The number of aromatic nitrogens is 5. The van der Waals surface area contributed by atoms with Crippen molar-refractivity contribution in [3.8, 4) is 16.8 Å². The standard InChI is InChI=1S/C26H26FN7O/c1-32(2)26-28-14-22(21-10-3-4-11-23(21)27)24(31-26)19-8-6-12-33(15-19)25(35)18-7-5-9-20(13-18)34-16-29-30-17-34/h3-5,7,9-11,13-14,16-17,19H,6,8,12,15H2,1-2H3. The van der Waals surface area contributed by atoms with Gasteiger partial charge in [0.1, 0.15) is 18.5 Å². The van der Waals surface area contributed by atoms with E-state index in [1.807, 2.05) is 54.2 Å². The monoisotopic (exact) mass is 471 g/mol. The van der Waals surface area contributed by atoms with E-state index in [1.165, 1.54) is 6.07 Å². The molecule has 1 amide bonds. The van der Waals surface area contributed by atoms with E-state index >= 15 is 0 Å². The zero-order valence-corrected chi connectivity index (χ0v) is 19.7. The van der Waals surface area contributed by atoms with Crippen LogP contribution in [0.1, 0.15) is 34.8 Å². The van der Waals surface area contributed by atoms with E-state index in [0.717, 1.165) is 24.2 Å². The van der Waals surface area contributed by atoms with Crippen LogP contribution in [0.25, 0.3) is 16.8 Å². The summed E-state index contributed by atoms with van der Waals surface area (Å²) in [4.78, 5) is 26.4. The molecule has 0 spiro atoms. The van der Waals surface area contributed by atoms with Crippen molar-refractivity contribution in [2.75, 3.05) is 32.1 Å². The molecule has 0 bridgehead atoms. The number of hydrogen-bond acceptors (Lipinski definition) is 6. The van der Waals surface area contributed by atoms with Crippen molar-refractivity contribution >= 4 is 11.9 Å². The smallest absolute Gasteiger partial charge is 0.253 e. The Morgan fingerprint density at radius 1 is 1.06 bits per heavy atom. The second-order valence-electron chi connectivity index (χ2n) is 8.85. The van der Waals surface area contributed by atoms with Crippen LogP contribution in [0.5, 0.6) is 0 Å². The number of anilines is 1. The van der Waals surface area contributed by atoms with E-state index in [9.17, 15) is 9.18 Å². The van der Waals surface area contributed by atoms with Gasteiger partial charge in [0.15, 0.2) is 0 Å². The molecule has 2 aromatic carbocycles. The van der Waals surface area contributed by atoms with Crippen molar-refractivity contribution in [3.05, 3.63) is 84.5 Å². The lowest BCUT2D eigenvalue weighted by molar-refractivity contribution is 0.0706. The van der Waals surface area contributed by atoms with Crippen LogP contribution in [0, 0.1) is 5.82 Å². The maximum Gasteiger partial charge on any atom is 0.253 e. The number of hydrogen-bond donors (Lipinski definition) is 0. The van der Waals surface area contributed by atoms with Crippen molar-refractivity contribution in [2.24, 2.45) is 0 Å². The topological polar surface area (TPSA) is 80.0 Å². The number of nitrogens with zero attached hydrogens (tertiary/aromatic N) is 7. The third-order valence-electron chi connectivity index (χ3n) is 6.27. The number of carbonyl (C=O) groups excluding carboxylic acids is 1. The van der Waals surface area contributed by atoms with Gasteiger partial charge in [-0.25, -0.2) is 14.4 Å². The van der Waals surface area contributed by atoms with Crippen LogP contribution < -0.4 is 4.90 Å². The molecule has 2 aromatic heterocycles. The minimum absolute atomic E-state index is 0.0370. The van der Waals surface area contributed by atoms with Crippen molar-refractivity contribution in [1.29, 1.82) is 0 Å². The van der Waals surface area contributed by atoms with Crippen molar-refractivity contribution in [1.82, 2.24) is 29.6 Å². The first kappa shape index (κ1) is 22.6. The Bertz CT molecular complexity index is 1340. The molecule has 9 heteroatoms. The maximum absolute atomic E-state index is 14.7. The third kappa shape index (κ3) is 4.62. The molecule has 1 fully saturated rings. The summed E-state index contributed by atoms with van der Waals surface area (Å²) in [6.45, 7) is 1.16. The van der Waals surface area contributed by atoms with Crippen LogP contribution in [0.2, 0.25) is 0 Å². The van der Waals surface area contributed by atoms with Crippen LogP contribution in [0.3, 0.4) is 0 Å². The van der Waals surface area contributed by atoms with Crippen molar-refractivity contribution in [2.45, 2.75) is 18.8 Å². The SMILES string of the molecule is CN(C)c1ncc(-c2ccccc2F)c(C2CCCN(C(=O)c3cccc(-n4cnnc4)c3)C2)n1. The first-order valence-corrected chi connectivity index (χ1v) is 11.5. The number of halogens is 1. The second-order valence-corrected chi connectivity index (χ2v) is 8.85. The molecular weight excluding hydrogens is 445 g/mol. The van der Waals surface area contributed by atoms with Crippen LogP contribution >= 0.6 is 0 Å². The molecule has 1 aliphatic heterocycles. The van der Waals surface area contributed by atoms with Gasteiger partial charge in [-0.3, -0.25) is 9.36 Å². The summed E-state index contributed by atoms with van der Waals surface area (Å²) in [5.41, 5.74) is 3.33. The molecule has 1 atom stereocenters. The highest BCUT2D eigenvalue weighted by Crippen LogP contribution is 2.35. The minimum Gasteiger partial charge on any atom is -0.347 e. The lowest BCUT2D eigenvalue weighted by atomic mass is 9.89. The number of rotatable bonds is 5. The lowest BCUT2D eigenvalue weighted by Crippen LogP contribution is -2.39. The Morgan fingerprint density at radius 3 is 2.63 bits per heavy atom. The van der Waals surface area contributed by atoms with Gasteiger partial charge in [0.05, 0.1) is 5.69 Å². The lowest BCUT2D eigenvalue weighted by Gasteiger charge is -2.33. The summed E-state index contributed by atoms with van der Waals surface area (Å²) in [5, 5.41) is 7.68. The highest BCUT2D eigenvalue weighted by atomic mass is 19.1. The number of carbonyl (C=O) groups is 1. The predicted octanol–water partition coefficient (Wildman–Crippen LogP) is 3.95. The molecule has 1 saturated heterocycles. The van der Waals surface area contributed by atoms with Crippen molar-refractivity contribution in [3.63, 3.8) is 0 Å². The Morgan fingerprint density at radius 2 is 1.86 bits per heavy atom. The van der Waals surface area contributed by atoms with E-state index in [-0.39, 0.29) is 17.6 Å². The van der Waals surface area contributed by atoms with Gasteiger partial charge in [0, 0.05) is 61.7 Å². The molecule has 0 N–H and O–H groups in total. The summed E-state index contributed by atoms with van der Waals surface area (Å²) in [6.07, 6.45) is 6.58. The van der Waals surface area contributed by atoms with Gasteiger partial charge in [0.25, 0.3) is 5.91 Å². The molecule has 4 aromatic rings. The average molecular weight is 472 g/mol. The Hall–Kier alpha value is -4.14. The molecule has 3 heterocycles. The number of benzene rings is 2. The molecule has 35 heavy (non-hydrogen) atoms. The Balaban J connectivity index is 1.46. The van der Waals surface area contributed by atoms with E-state index in [1.54, 1.807) is 35.6 Å². The molecule has 1 unspecified atom stereocenters. The van der Waals surface area contributed by atoms with E-state index in [4.69, 9.17) is 4.98 Å². The number of amides is 1. The first-order valence-electron chi connectivity index (χ1n) is 11.5. The maximum atomic E-state index is 14.7. The first-order chi connectivity index (χ1) is 17.0. The summed E-state index contributed by atoms with van der Waals surface area (Å²) in [6, 6.07) is 14.1. The molecular formula is C26H26FN7O. The predicted molar refractivity (Wildman–Crippen MR) is 131 cm³/mol. The third-order valence-corrected chi connectivity index (χ3v) is 6.27. The van der Waals surface area contributed by atoms with Crippen molar-refractivity contribution < 1.29 is 9.18 Å². The van der Waals surface area contributed by atoms with Crippen LogP contribution in [0.15, 0.2) is 67.4 Å². The average Bonchev–Trinajstić information content (AvgIpc) is 3.44. The van der Waals surface area contributed by atoms with Gasteiger partial charge in [-0.2, -0.15) is 0 Å². The van der Waals surface area contributed by atoms with Gasteiger partial charge >= 0.3 is 0 Å². The largest absolute Gasteiger partial charge is 0.347 e. The highest BCUT2D eigenvalue weighted by molar-refractivity contribution is 5.95. The summed E-state index contributed by atoms with van der Waals surface area (Å²) in [7, 11) is 3.75. The fraction of sp³-hybridized carbons (Fsp3) is 0.269. The summed E-state index contributed by atoms with van der Waals surface area (Å²) >= 11 is 0. The number of likely N-dealkylation sites (tertiary alicyclic amines) is 1. The van der Waals surface area contributed by atoms with E-state index in [0.29, 0.717) is 35.7 Å². The molecule has 1 aliphatic rings. The molecule has 8 nitrogen and oxygen atoms in total. The molecule has 0 aliphatic carbocycles. The molecule has 0 saturated carbocycles. The molecule has 5 rings (SSSR count). The zero-order valence-electron chi connectivity index (χ0n) is 19.7. The number of piperidine rings is 1. The quantitative estimate of drug-likeness (QED) is 0.439. The minimum atomic E-state index is -0.315. The van der Waals surface area contributed by atoms with Crippen LogP contribution in [0.4, 0.5) is 10.3 Å². The van der Waals surface area contributed by atoms with Gasteiger partial charge in [-0.15, -0.1) is 10.2 Å². The van der Waals surface area contributed by atoms with E-state index in [2.05, 4.69) is 15.2 Å². The van der Waals surface area contributed by atoms with E-state index < -0.39 is 0 Å². The van der Waals surface area contributed by atoms with Gasteiger partial charge < -0.3 is 9.80 Å². The van der Waals surface area contributed by atoms with Gasteiger partial charge in [-0.1, -0.05) is 24.3 Å². The second kappa shape index (κ2) is 9.61. The van der Waals surface area contributed by atoms with Crippen LogP contribution in [-0.4, -0.2) is 62.7 Å².